The Kier molecular flexibility index (Phi) is 1.97. The molecule has 18 heavy (non-hydrogen) atoms. The fourth-order valence-corrected chi connectivity index (χ4v) is 2.35. The van der Waals surface area contributed by atoms with Crippen LogP contribution >= 0.6 is 0 Å². The Hall–Kier alpha value is -2.23. The van der Waals surface area contributed by atoms with E-state index in [2.05, 4.69) is 25.8 Å². The van der Waals surface area contributed by atoms with Gasteiger partial charge in [-0.3, -0.25) is 4.98 Å². The number of hydrogen-bond donors (Lipinski definition) is 0. The molecule has 1 aliphatic rings. The summed E-state index contributed by atoms with van der Waals surface area (Å²) >= 11 is 0. The number of aromatic nitrogens is 4. The zero-order valence-electron chi connectivity index (χ0n) is 9.82. The first-order valence-electron chi connectivity index (χ1n) is 6.17. The number of benzene rings is 1. The second kappa shape index (κ2) is 3.63. The van der Waals surface area contributed by atoms with Crippen molar-refractivity contribution in [3.8, 4) is 11.4 Å². The van der Waals surface area contributed by atoms with Crippen LogP contribution in [0.15, 0.2) is 42.9 Å². The molecule has 88 valence electrons. The van der Waals surface area contributed by atoms with E-state index in [9.17, 15) is 0 Å². The van der Waals surface area contributed by atoms with Crippen molar-refractivity contribution >= 4 is 10.9 Å². The molecule has 0 radical (unpaired) electrons. The summed E-state index contributed by atoms with van der Waals surface area (Å²) < 4.78 is 2.18. The Morgan fingerprint density at radius 2 is 2.00 bits per heavy atom. The molecule has 0 aliphatic heterocycles. The Morgan fingerprint density at radius 3 is 2.89 bits per heavy atom. The molecule has 0 amide bonds. The highest BCUT2D eigenvalue weighted by molar-refractivity contribution is 5.92. The fraction of sp³-hybridized carbons (Fsp3) is 0.214. The predicted molar refractivity (Wildman–Crippen MR) is 69.0 cm³/mol. The monoisotopic (exact) mass is 236 g/mol. The summed E-state index contributed by atoms with van der Waals surface area (Å²) in [5.74, 6) is 0.955. The van der Waals surface area contributed by atoms with Gasteiger partial charge in [0.1, 0.15) is 6.33 Å². The molecule has 0 bridgehead atoms. The third-order valence-corrected chi connectivity index (χ3v) is 3.40. The van der Waals surface area contributed by atoms with Crippen LogP contribution in [-0.2, 0) is 0 Å². The Morgan fingerprint density at radius 1 is 1.11 bits per heavy atom. The normalized spacial score (nSPS) is 15.1. The molecule has 2 aromatic heterocycles. The Balaban J connectivity index is 1.98. The maximum Gasteiger partial charge on any atom is 0.164 e. The van der Waals surface area contributed by atoms with E-state index in [4.69, 9.17) is 0 Å². The molecule has 0 N–H and O–H groups in total. The van der Waals surface area contributed by atoms with E-state index in [1.807, 2.05) is 36.8 Å². The minimum Gasteiger partial charge on any atom is -0.310 e. The van der Waals surface area contributed by atoms with Crippen LogP contribution in [0.25, 0.3) is 22.3 Å². The molecular weight excluding hydrogens is 224 g/mol. The average Bonchev–Trinajstić information content (AvgIpc) is 3.16. The van der Waals surface area contributed by atoms with Crippen LogP contribution in [0.1, 0.15) is 18.9 Å². The maximum absolute atomic E-state index is 4.38. The molecule has 4 nitrogen and oxygen atoms in total. The van der Waals surface area contributed by atoms with E-state index in [1.165, 1.54) is 12.8 Å². The average molecular weight is 236 g/mol. The summed E-state index contributed by atoms with van der Waals surface area (Å²) in [4.78, 5) is 4.38. The summed E-state index contributed by atoms with van der Waals surface area (Å²) in [6, 6.07) is 10.8. The standard InChI is InChI=1S/C14H12N4/c1-2-4-13-11(3-1)12(7-8-15-13)14-17-16-9-18(14)10-5-6-10/h1-4,7-10H,5-6H2. The molecule has 0 unspecified atom stereocenters. The van der Waals surface area contributed by atoms with E-state index >= 15 is 0 Å². The van der Waals surface area contributed by atoms with E-state index < -0.39 is 0 Å². The predicted octanol–water partition coefficient (Wildman–Crippen LogP) is 2.83. The lowest BCUT2D eigenvalue weighted by Gasteiger charge is -2.07. The van der Waals surface area contributed by atoms with Gasteiger partial charge in [-0.15, -0.1) is 10.2 Å². The van der Waals surface area contributed by atoms with Crippen molar-refractivity contribution < 1.29 is 0 Å². The molecule has 3 aromatic rings. The maximum atomic E-state index is 4.38. The molecule has 1 aliphatic carbocycles. The van der Waals surface area contributed by atoms with Crippen molar-refractivity contribution in [1.29, 1.82) is 0 Å². The molecule has 0 atom stereocenters. The summed E-state index contributed by atoms with van der Waals surface area (Å²) in [5.41, 5.74) is 2.12. The summed E-state index contributed by atoms with van der Waals surface area (Å²) in [6.45, 7) is 0. The molecule has 0 saturated heterocycles. The van der Waals surface area contributed by atoms with Crippen molar-refractivity contribution in [2.45, 2.75) is 18.9 Å². The van der Waals surface area contributed by atoms with Crippen LogP contribution in [0.4, 0.5) is 0 Å². The second-order valence-electron chi connectivity index (χ2n) is 4.67. The summed E-state index contributed by atoms with van der Waals surface area (Å²) in [5, 5.41) is 9.48. The van der Waals surface area contributed by atoms with Crippen LogP contribution in [0.5, 0.6) is 0 Å². The highest BCUT2D eigenvalue weighted by Gasteiger charge is 2.26. The number of hydrogen-bond acceptors (Lipinski definition) is 3. The topological polar surface area (TPSA) is 43.6 Å². The molecule has 2 heterocycles. The van der Waals surface area contributed by atoms with Gasteiger partial charge in [-0.25, -0.2) is 0 Å². The van der Waals surface area contributed by atoms with Crippen LogP contribution in [0.3, 0.4) is 0 Å². The van der Waals surface area contributed by atoms with Gasteiger partial charge in [0.2, 0.25) is 0 Å². The lowest BCUT2D eigenvalue weighted by atomic mass is 10.1. The molecule has 4 rings (SSSR count). The number of nitrogens with zero attached hydrogens (tertiary/aromatic N) is 4. The van der Waals surface area contributed by atoms with Gasteiger partial charge in [0, 0.05) is 23.2 Å². The lowest BCUT2D eigenvalue weighted by Crippen LogP contribution is -1.96. The quantitative estimate of drug-likeness (QED) is 0.687. The first-order chi connectivity index (χ1) is 8.93. The smallest absolute Gasteiger partial charge is 0.164 e. The highest BCUT2D eigenvalue weighted by atomic mass is 15.3. The van der Waals surface area contributed by atoms with E-state index in [-0.39, 0.29) is 0 Å². The minimum absolute atomic E-state index is 0.585. The third kappa shape index (κ3) is 1.42. The van der Waals surface area contributed by atoms with Crippen LogP contribution in [-0.4, -0.2) is 19.7 Å². The van der Waals surface area contributed by atoms with E-state index in [0.29, 0.717) is 6.04 Å². The first-order valence-corrected chi connectivity index (χ1v) is 6.17. The number of pyridine rings is 1. The molecule has 4 heteroatoms. The third-order valence-electron chi connectivity index (χ3n) is 3.40. The largest absolute Gasteiger partial charge is 0.310 e. The van der Waals surface area contributed by atoms with Crippen LogP contribution in [0, 0.1) is 0 Å². The molecular formula is C14H12N4. The number of para-hydroxylation sites is 1. The second-order valence-corrected chi connectivity index (χ2v) is 4.67. The fourth-order valence-electron chi connectivity index (χ4n) is 2.35. The van der Waals surface area contributed by atoms with Crippen LogP contribution < -0.4 is 0 Å². The van der Waals surface area contributed by atoms with Gasteiger partial charge in [0.25, 0.3) is 0 Å². The molecule has 1 fully saturated rings. The number of rotatable bonds is 2. The highest BCUT2D eigenvalue weighted by Crippen LogP contribution is 2.38. The zero-order valence-corrected chi connectivity index (χ0v) is 9.82. The van der Waals surface area contributed by atoms with E-state index in [0.717, 1.165) is 22.3 Å². The Bertz CT molecular complexity index is 707. The van der Waals surface area contributed by atoms with Crippen molar-refractivity contribution in [2.75, 3.05) is 0 Å². The van der Waals surface area contributed by atoms with Crippen molar-refractivity contribution in [3.63, 3.8) is 0 Å². The lowest BCUT2D eigenvalue weighted by molar-refractivity contribution is 0.746. The van der Waals surface area contributed by atoms with Gasteiger partial charge in [-0.1, -0.05) is 18.2 Å². The molecule has 1 saturated carbocycles. The van der Waals surface area contributed by atoms with Crippen molar-refractivity contribution in [3.05, 3.63) is 42.9 Å². The van der Waals surface area contributed by atoms with Gasteiger partial charge < -0.3 is 4.57 Å². The summed E-state index contributed by atoms with van der Waals surface area (Å²) in [7, 11) is 0. The molecule has 0 spiro atoms. The number of fused-ring (bicyclic) bond motifs is 1. The summed E-state index contributed by atoms with van der Waals surface area (Å²) in [6.07, 6.45) is 6.13. The first kappa shape index (κ1) is 9.76. The zero-order chi connectivity index (χ0) is 11.9. The van der Waals surface area contributed by atoms with Gasteiger partial charge in [0.15, 0.2) is 5.82 Å². The van der Waals surface area contributed by atoms with Crippen molar-refractivity contribution in [1.82, 2.24) is 19.7 Å². The van der Waals surface area contributed by atoms with E-state index in [1.54, 1.807) is 0 Å². The SMILES string of the molecule is c1ccc2c(-c3nncn3C3CC3)ccnc2c1. The van der Waals surface area contributed by atoms with Gasteiger partial charge in [0.05, 0.1) is 5.52 Å². The Labute approximate surface area is 104 Å². The minimum atomic E-state index is 0.585. The molecule has 1 aromatic carbocycles. The van der Waals surface area contributed by atoms with Gasteiger partial charge in [-0.05, 0) is 25.0 Å². The van der Waals surface area contributed by atoms with Gasteiger partial charge >= 0.3 is 0 Å². The van der Waals surface area contributed by atoms with Crippen molar-refractivity contribution in [2.24, 2.45) is 0 Å². The van der Waals surface area contributed by atoms with Crippen LogP contribution in [0.2, 0.25) is 0 Å². The van der Waals surface area contributed by atoms with Gasteiger partial charge in [-0.2, -0.15) is 0 Å².